The van der Waals surface area contributed by atoms with E-state index in [-0.39, 0.29) is 17.2 Å². The molecule has 1 saturated heterocycles. The molecule has 3 nitrogen and oxygen atoms in total. The molecule has 1 aromatic rings. The zero-order chi connectivity index (χ0) is 14.0. The first-order valence-corrected chi connectivity index (χ1v) is 6.90. The van der Waals surface area contributed by atoms with Crippen molar-refractivity contribution in [2.75, 3.05) is 18.4 Å². The van der Waals surface area contributed by atoms with Crippen molar-refractivity contribution < 1.29 is 9.13 Å². The molecule has 0 amide bonds. The molecule has 0 spiro atoms. The minimum atomic E-state index is -0.438. The van der Waals surface area contributed by atoms with E-state index in [2.05, 4.69) is 5.32 Å². The zero-order valence-corrected chi connectivity index (χ0v) is 12.4. The predicted octanol–water partition coefficient (Wildman–Crippen LogP) is 3.29. The van der Waals surface area contributed by atoms with E-state index in [0.29, 0.717) is 10.8 Å². The molecule has 6 heteroatoms. The van der Waals surface area contributed by atoms with Crippen molar-refractivity contribution in [2.45, 2.75) is 26.1 Å². The average molecular weight is 303 g/mol. The van der Waals surface area contributed by atoms with Crippen LogP contribution in [-0.4, -0.2) is 35.3 Å². The van der Waals surface area contributed by atoms with Crippen molar-refractivity contribution in [1.82, 2.24) is 4.90 Å². The van der Waals surface area contributed by atoms with E-state index in [4.69, 9.17) is 28.6 Å². The maximum absolute atomic E-state index is 13.1. The molecule has 0 saturated carbocycles. The second kappa shape index (κ2) is 6.03. The Balaban J connectivity index is 2.02. The monoisotopic (exact) mass is 302 g/mol. The Morgan fingerprint density at radius 1 is 1.42 bits per heavy atom. The van der Waals surface area contributed by atoms with E-state index in [1.54, 1.807) is 6.07 Å². The largest absolute Gasteiger partial charge is 0.372 e. The van der Waals surface area contributed by atoms with Crippen LogP contribution in [0.15, 0.2) is 18.2 Å². The number of hydrogen-bond donors (Lipinski definition) is 1. The van der Waals surface area contributed by atoms with Gasteiger partial charge in [0.05, 0.1) is 17.2 Å². The van der Waals surface area contributed by atoms with Crippen LogP contribution in [0.5, 0.6) is 0 Å². The molecule has 0 unspecified atom stereocenters. The van der Waals surface area contributed by atoms with Gasteiger partial charge in [-0.1, -0.05) is 11.6 Å². The van der Waals surface area contributed by atoms with Crippen molar-refractivity contribution in [1.29, 1.82) is 0 Å². The maximum atomic E-state index is 13.1. The number of nitrogens with one attached hydrogen (secondary N) is 1. The van der Waals surface area contributed by atoms with Gasteiger partial charge in [-0.25, -0.2) is 4.39 Å². The maximum Gasteiger partial charge on any atom is 0.173 e. The van der Waals surface area contributed by atoms with Crippen molar-refractivity contribution in [2.24, 2.45) is 0 Å². The number of morpholine rings is 1. The number of nitrogens with zero attached hydrogens (tertiary/aromatic N) is 1. The Morgan fingerprint density at radius 3 is 2.63 bits per heavy atom. The Hall–Kier alpha value is -0.910. The van der Waals surface area contributed by atoms with Gasteiger partial charge in [0.2, 0.25) is 0 Å². The highest BCUT2D eigenvalue weighted by Gasteiger charge is 2.23. The van der Waals surface area contributed by atoms with Gasteiger partial charge >= 0.3 is 0 Å². The van der Waals surface area contributed by atoms with Gasteiger partial charge in [-0.05, 0) is 44.3 Å². The summed E-state index contributed by atoms with van der Waals surface area (Å²) in [7, 11) is 0. The van der Waals surface area contributed by atoms with Gasteiger partial charge in [0, 0.05) is 18.8 Å². The fourth-order valence-electron chi connectivity index (χ4n) is 2.12. The second-order valence-corrected chi connectivity index (χ2v) is 5.52. The molecule has 1 aliphatic heterocycles. The van der Waals surface area contributed by atoms with E-state index in [0.717, 1.165) is 13.1 Å². The Kier molecular flexibility index (Phi) is 4.60. The first-order chi connectivity index (χ1) is 8.95. The normalized spacial score (nSPS) is 23.3. The lowest BCUT2D eigenvalue weighted by Crippen LogP contribution is -2.49. The Morgan fingerprint density at radius 2 is 2.05 bits per heavy atom. The number of thiocarbonyl (C=S) groups is 1. The summed E-state index contributed by atoms with van der Waals surface area (Å²) in [5, 5.41) is 3.75. The summed E-state index contributed by atoms with van der Waals surface area (Å²) in [6.07, 6.45) is 0.278. The standard InChI is InChI=1S/C13H16ClFN2OS/c1-8-6-17(7-9(2)18-8)13(19)16-10-3-4-12(15)11(14)5-10/h3-5,8-9H,6-7H2,1-2H3,(H,16,19)/t8-,9-/m1/s1. The van der Waals surface area contributed by atoms with Gasteiger partial charge in [0.1, 0.15) is 5.82 Å². The lowest BCUT2D eigenvalue weighted by atomic mass is 10.2. The fourth-order valence-corrected chi connectivity index (χ4v) is 2.57. The van der Waals surface area contributed by atoms with E-state index in [1.165, 1.54) is 12.1 Å². The first-order valence-electron chi connectivity index (χ1n) is 6.12. The van der Waals surface area contributed by atoms with Crippen molar-refractivity contribution in [3.63, 3.8) is 0 Å². The number of rotatable bonds is 1. The molecule has 2 atom stereocenters. The number of hydrogen-bond acceptors (Lipinski definition) is 2. The quantitative estimate of drug-likeness (QED) is 0.805. The number of anilines is 1. The van der Waals surface area contributed by atoms with Crippen molar-refractivity contribution >= 4 is 34.6 Å². The lowest BCUT2D eigenvalue weighted by molar-refractivity contribution is -0.0473. The van der Waals surface area contributed by atoms with Gasteiger partial charge in [0.25, 0.3) is 0 Å². The molecule has 19 heavy (non-hydrogen) atoms. The van der Waals surface area contributed by atoms with Crippen molar-refractivity contribution in [3.8, 4) is 0 Å². The van der Waals surface area contributed by atoms with E-state index in [1.807, 2.05) is 18.7 Å². The van der Waals surface area contributed by atoms with Crippen LogP contribution in [0.4, 0.5) is 10.1 Å². The number of ether oxygens (including phenoxy) is 1. The smallest absolute Gasteiger partial charge is 0.173 e. The van der Waals surface area contributed by atoms with Gasteiger partial charge in [-0.15, -0.1) is 0 Å². The van der Waals surface area contributed by atoms with E-state index < -0.39 is 5.82 Å². The van der Waals surface area contributed by atoms with Crippen LogP contribution in [0.2, 0.25) is 5.02 Å². The number of benzene rings is 1. The van der Waals surface area contributed by atoms with Crippen LogP contribution in [0.25, 0.3) is 0 Å². The summed E-state index contributed by atoms with van der Waals surface area (Å²) in [5.74, 6) is -0.438. The van der Waals surface area contributed by atoms with Crippen LogP contribution in [0, 0.1) is 5.82 Å². The topological polar surface area (TPSA) is 24.5 Å². The van der Waals surface area contributed by atoms with Gasteiger partial charge in [-0.2, -0.15) is 0 Å². The third-order valence-corrected chi connectivity index (χ3v) is 3.53. The third-order valence-electron chi connectivity index (χ3n) is 2.88. The molecule has 104 valence electrons. The number of halogens is 2. The average Bonchev–Trinajstić information content (AvgIpc) is 2.32. The molecule has 0 aliphatic carbocycles. The molecule has 1 fully saturated rings. The lowest BCUT2D eigenvalue weighted by Gasteiger charge is -2.36. The van der Waals surface area contributed by atoms with Crippen LogP contribution in [0.1, 0.15) is 13.8 Å². The van der Waals surface area contributed by atoms with Crippen LogP contribution in [-0.2, 0) is 4.74 Å². The highest BCUT2D eigenvalue weighted by atomic mass is 35.5. The summed E-state index contributed by atoms with van der Waals surface area (Å²) in [6, 6.07) is 4.45. The SMILES string of the molecule is C[C@@H]1CN(C(=S)Nc2ccc(F)c(Cl)c2)C[C@@H](C)O1. The van der Waals surface area contributed by atoms with E-state index in [9.17, 15) is 4.39 Å². The minimum Gasteiger partial charge on any atom is -0.372 e. The first kappa shape index (κ1) is 14.5. The molecule has 0 aromatic heterocycles. The second-order valence-electron chi connectivity index (χ2n) is 4.72. The molecular weight excluding hydrogens is 287 g/mol. The molecule has 1 aromatic carbocycles. The molecule has 1 heterocycles. The van der Waals surface area contributed by atoms with Gasteiger partial charge < -0.3 is 15.0 Å². The molecule has 1 N–H and O–H groups in total. The highest BCUT2D eigenvalue weighted by Crippen LogP contribution is 2.20. The summed E-state index contributed by atoms with van der Waals surface area (Å²) in [5.41, 5.74) is 0.684. The molecule has 1 aliphatic rings. The summed E-state index contributed by atoms with van der Waals surface area (Å²) < 4.78 is 18.7. The van der Waals surface area contributed by atoms with Gasteiger partial charge in [-0.3, -0.25) is 0 Å². The zero-order valence-electron chi connectivity index (χ0n) is 10.8. The van der Waals surface area contributed by atoms with Crippen LogP contribution >= 0.6 is 23.8 Å². The summed E-state index contributed by atoms with van der Waals surface area (Å²) in [4.78, 5) is 2.05. The van der Waals surface area contributed by atoms with Crippen LogP contribution in [0.3, 0.4) is 0 Å². The Bertz CT molecular complexity index is 476. The molecular formula is C13H16ClFN2OS. The summed E-state index contributed by atoms with van der Waals surface area (Å²) >= 11 is 11.1. The highest BCUT2D eigenvalue weighted by molar-refractivity contribution is 7.80. The Labute approximate surface area is 122 Å². The minimum absolute atomic E-state index is 0.0801. The van der Waals surface area contributed by atoms with E-state index >= 15 is 0 Å². The van der Waals surface area contributed by atoms with Gasteiger partial charge in [0.15, 0.2) is 5.11 Å². The fraction of sp³-hybridized carbons (Fsp3) is 0.462. The third kappa shape index (κ3) is 3.78. The van der Waals surface area contributed by atoms with Crippen molar-refractivity contribution in [3.05, 3.63) is 29.0 Å². The predicted molar refractivity (Wildman–Crippen MR) is 79.2 cm³/mol. The van der Waals surface area contributed by atoms with Crippen LogP contribution < -0.4 is 5.32 Å². The molecule has 2 rings (SSSR count). The molecule has 0 radical (unpaired) electrons. The summed E-state index contributed by atoms with van der Waals surface area (Å²) in [6.45, 7) is 5.51. The molecule has 0 bridgehead atoms.